The van der Waals surface area contributed by atoms with Gasteiger partial charge in [0.25, 0.3) is 5.91 Å². The van der Waals surface area contributed by atoms with Gasteiger partial charge in [-0.3, -0.25) is 4.79 Å². The van der Waals surface area contributed by atoms with Crippen LogP contribution in [0.15, 0.2) is 28.7 Å². The van der Waals surface area contributed by atoms with Crippen LogP contribution in [0, 0.1) is 19.7 Å². The first-order valence-corrected chi connectivity index (χ1v) is 6.13. The fourth-order valence-corrected chi connectivity index (χ4v) is 1.67. The summed E-state index contributed by atoms with van der Waals surface area (Å²) < 4.78 is 23.7. The number of rotatable bonds is 5. The molecule has 0 saturated carbocycles. The first-order chi connectivity index (χ1) is 9.56. The summed E-state index contributed by atoms with van der Waals surface area (Å²) in [5, 5.41) is 2.62. The molecule has 1 N–H and O–H groups in total. The van der Waals surface area contributed by atoms with Crippen LogP contribution in [0.5, 0.6) is 5.75 Å². The standard InChI is InChI=1S/C14H15FN2O3/c1-9-13(20-10(2)17-9)7-16-14(18)8-19-12-6-4-3-5-11(12)15/h3-6H,7-8H2,1-2H3,(H,16,18). The van der Waals surface area contributed by atoms with Gasteiger partial charge in [0, 0.05) is 6.92 Å². The molecule has 0 unspecified atom stereocenters. The molecular weight excluding hydrogens is 263 g/mol. The minimum absolute atomic E-state index is 0.0503. The lowest BCUT2D eigenvalue weighted by Gasteiger charge is -2.07. The molecule has 0 aliphatic carbocycles. The molecule has 0 fully saturated rings. The van der Waals surface area contributed by atoms with Gasteiger partial charge in [-0.2, -0.15) is 0 Å². The summed E-state index contributed by atoms with van der Waals surface area (Å²) in [5.41, 5.74) is 0.734. The van der Waals surface area contributed by atoms with E-state index >= 15 is 0 Å². The van der Waals surface area contributed by atoms with Crippen molar-refractivity contribution in [1.82, 2.24) is 10.3 Å². The van der Waals surface area contributed by atoms with E-state index in [0.29, 0.717) is 11.7 Å². The van der Waals surface area contributed by atoms with Crippen LogP contribution in [-0.4, -0.2) is 17.5 Å². The number of nitrogens with zero attached hydrogens (tertiary/aromatic N) is 1. The second kappa shape index (κ2) is 6.18. The van der Waals surface area contributed by atoms with E-state index in [-0.39, 0.29) is 24.8 Å². The molecule has 0 radical (unpaired) electrons. The van der Waals surface area contributed by atoms with Gasteiger partial charge in [-0.25, -0.2) is 9.37 Å². The number of aryl methyl sites for hydroxylation is 2. The number of nitrogens with one attached hydrogen (secondary N) is 1. The lowest BCUT2D eigenvalue weighted by atomic mass is 10.3. The Hall–Kier alpha value is -2.37. The predicted octanol–water partition coefficient (Wildman–Crippen LogP) is 2.13. The van der Waals surface area contributed by atoms with Crippen LogP contribution >= 0.6 is 0 Å². The topological polar surface area (TPSA) is 64.4 Å². The van der Waals surface area contributed by atoms with Crippen molar-refractivity contribution in [3.8, 4) is 5.75 Å². The molecule has 0 aliphatic heterocycles. The van der Waals surface area contributed by atoms with Gasteiger partial charge >= 0.3 is 0 Å². The van der Waals surface area contributed by atoms with Crippen LogP contribution in [0.2, 0.25) is 0 Å². The van der Waals surface area contributed by atoms with Crippen LogP contribution in [-0.2, 0) is 11.3 Å². The van der Waals surface area contributed by atoms with Gasteiger partial charge in [0.1, 0.15) is 5.76 Å². The van der Waals surface area contributed by atoms with Gasteiger partial charge in [0.05, 0.1) is 12.2 Å². The Bertz CT molecular complexity index is 610. The Morgan fingerprint density at radius 3 is 2.80 bits per heavy atom. The Morgan fingerprint density at radius 1 is 1.40 bits per heavy atom. The van der Waals surface area contributed by atoms with Gasteiger partial charge in [-0.15, -0.1) is 0 Å². The average Bonchev–Trinajstić information content (AvgIpc) is 2.74. The van der Waals surface area contributed by atoms with Crippen molar-refractivity contribution >= 4 is 5.91 Å². The number of hydrogen-bond donors (Lipinski definition) is 1. The van der Waals surface area contributed by atoms with Crippen molar-refractivity contribution in [3.05, 3.63) is 47.4 Å². The molecule has 5 nitrogen and oxygen atoms in total. The SMILES string of the molecule is Cc1nc(C)c(CNC(=O)COc2ccccc2F)o1. The number of benzene rings is 1. The van der Waals surface area contributed by atoms with Crippen LogP contribution < -0.4 is 10.1 Å². The summed E-state index contributed by atoms with van der Waals surface area (Å²) in [6.07, 6.45) is 0. The molecule has 0 bridgehead atoms. The smallest absolute Gasteiger partial charge is 0.258 e. The van der Waals surface area contributed by atoms with Crippen molar-refractivity contribution in [1.29, 1.82) is 0 Å². The summed E-state index contributed by atoms with van der Waals surface area (Å²) in [4.78, 5) is 15.7. The minimum atomic E-state index is -0.498. The highest BCUT2D eigenvalue weighted by atomic mass is 19.1. The first kappa shape index (κ1) is 14.0. The Balaban J connectivity index is 1.82. The van der Waals surface area contributed by atoms with E-state index in [1.54, 1.807) is 26.0 Å². The number of carbonyl (C=O) groups excluding carboxylic acids is 1. The Labute approximate surface area is 115 Å². The number of ether oxygens (including phenoxy) is 1. The van der Waals surface area contributed by atoms with E-state index < -0.39 is 5.82 Å². The van der Waals surface area contributed by atoms with Gasteiger partial charge in [0.15, 0.2) is 24.1 Å². The van der Waals surface area contributed by atoms with Crippen molar-refractivity contribution in [2.45, 2.75) is 20.4 Å². The molecule has 1 aromatic heterocycles. The summed E-state index contributed by atoms with van der Waals surface area (Å²) >= 11 is 0. The van der Waals surface area contributed by atoms with Gasteiger partial charge in [0.2, 0.25) is 0 Å². The highest BCUT2D eigenvalue weighted by Gasteiger charge is 2.10. The van der Waals surface area contributed by atoms with Crippen molar-refractivity contribution in [2.24, 2.45) is 0 Å². The Morgan fingerprint density at radius 2 is 2.15 bits per heavy atom. The van der Waals surface area contributed by atoms with E-state index in [9.17, 15) is 9.18 Å². The number of carbonyl (C=O) groups is 1. The quantitative estimate of drug-likeness (QED) is 0.910. The number of hydrogen-bond acceptors (Lipinski definition) is 4. The molecule has 6 heteroatoms. The van der Waals surface area contributed by atoms with Gasteiger partial charge in [-0.05, 0) is 19.1 Å². The average molecular weight is 278 g/mol. The molecule has 0 aliphatic rings. The molecule has 1 amide bonds. The second-order valence-corrected chi connectivity index (χ2v) is 4.24. The molecular formula is C14H15FN2O3. The van der Waals surface area contributed by atoms with E-state index in [4.69, 9.17) is 9.15 Å². The number of aromatic nitrogens is 1. The Kier molecular flexibility index (Phi) is 4.34. The van der Waals surface area contributed by atoms with E-state index in [0.717, 1.165) is 5.69 Å². The zero-order chi connectivity index (χ0) is 14.5. The first-order valence-electron chi connectivity index (χ1n) is 6.13. The normalized spacial score (nSPS) is 10.3. The molecule has 20 heavy (non-hydrogen) atoms. The van der Waals surface area contributed by atoms with E-state index in [2.05, 4.69) is 10.3 Å². The van der Waals surface area contributed by atoms with Crippen LogP contribution in [0.25, 0.3) is 0 Å². The fraction of sp³-hybridized carbons (Fsp3) is 0.286. The molecule has 2 aromatic rings. The number of para-hydroxylation sites is 1. The molecule has 2 rings (SSSR count). The fourth-order valence-electron chi connectivity index (χ4n) is 1.67. The molecule has 1 heterocycles. The highest BCUT2D eigenvalue weighted by molar-refractivity contribution is 5.77. The van der Waals surface area contributed by atoms with Crippen molar-refractivity contribution in [3.63, 3.8) is 0 Å². The lowest BCUT2D eigenvalue weighted by Crippen LogP contribution is -2.28. The summed E-state index contributed by atoms with van der Waals surface area (Å²) in [5.74, 6) is 0.342. The van der Waals surface area contributed by atoms with Gasteiger partial charge < -0.3 is 14.5 Å². The van der Waals surface area contributed by atoms with Crippen molar-refractivity contribution in [2.75, 3.05) is 6.61 Å². The maximum atomic E-state index is 13.3. The molecule has 0 spiro atoms. The third-order valence-electron chi connectivity index (χ3n) is 2.64. The van der Waals surface area contributed by atoms with Crippen LogP contribution in [0.1, 0.15) is 17.3 Å². The lowest BCUT2D eigenvalue weighted by molar-refractivity contribution is -0.123. The zero-order valence-corrected chi connectivity index (χ0v) is 11.3. The largest absolute Gasteiger partial charge is 0.481 e. The van der Waals surface area contributed by atoms with Crippen LogP contribution in [0.4, 0.5) is 4.39 Å². The summed E-state index contributed by atoms with van der Waals surface area (Å²) in [7, 11) is 0. The third-order valence-corrected chi connectivity index (χ3v) is 2.64. The minimum Gasteiger partial charge on any atom is -0.481 e. The van der Waals surface area contributed by atoms with E-state index in [1.807, 2.05) is 0 Å². The predicted molar refractivity (Wildman–Crippen MR) is 69.7 cm³/mol. The summed E-state index contributed by atoms with van der Waals surface area (Å²) in [6.45, 7) is 3.51. The maximum absolute atomic E-state index is 13.3. The monoisotopic (exact) mass is 278 g/mol. The molecule has 0 atom stereocenters. The third kappa shape index (κ3) is 3.57. The van der Waals surface area contributed by atoms with Crippen LogP contribution in [0.3, 0.4) is 0 Å². The molecule has 1 aromatic carbocycles. The van der Waals surface area contributed by atoms with E-state index in [1.165, 1.54) is 12.1 Å². The maximum Gasteiger partial charge on any atom is 0.258 e. The number of halogens is 1. The second-order valence-electron chi connectivity index (χ2n) is 4.24. The summed E-state index contributed by atoms with van der Waals surface area (Å²) in [6, 6.07) is 5.93. The highest BCUT2D eigenvalue weighted by Crippen LogP contribution is 2.15. The molecule has 106 valence electrons. The number of oxazole rings is 1. The zero-order valence-electron chi connectivity index (χ0n) is 11.3. The van der Waals surface area contributed by atoms with Gasteiger partial charge in [-0.1, -0.05) is 12.1 Å². The number of amides is 1. The molecule has 0 saturated heterocycles. The van der Waals surface area contributed by atoms with Crippen molar-refractivity contribution < 1.29 is 18.3 Å².